The molecule has 1 aromatic rings. The molecule has 1 aliphatic carbocycles. The number of hydrogen-bond acceptors (Lipinski definition) is 9. The number of nitrogens with one attached hydrogen (secondary N) is 1. The maximum atomic E-state index is 13.4. The highest BCUT2D eigenvalue weighted by Crippen LogP contribution is 2.38. The molecule has 1 N–H and O–H groups in total. The topological polar surface area (TPSA) is 104 Å². The Morgan fingerprint density at radius 3 is 2.74 bits per heavy atom. The van der Waals surface area contributed by atoms with Gasteiger partial charge >= 0.3 is 0 Å². The van der Waals surface area contributed by atoms with Crippen LogP contribution in [0, 0.1) is 5.92 Å². The molecule has 1 saturated heterocycles. The van der Waals surface area contributed by atoms with Crippen molar-refractivity contribution >= 4 is 11.8 Å². The molecule has 1 amide bonds. The minimum Gasteiger partial charge on any atom is -0.490 e. The third-order valence-electron chi connectivity index (χ3n) is 6.81. The summed E-state index contributed by atoms with van der Waals surface area (Å²) in [6.45, 7) is 3.06. The Balaban J connectivity index is 1.51. The van der Waals surface area contributed by atoms with E-state index in [0.29, 0.717) is 18.1 Å². The fraction of sp³-hybridized carbons (Fsp3) is 0.640. The van der Waals surface area contributed by atoms with E-state index in [2.05, 4.69) is 22.2 Å². The van der Waals surface area contributed by atoms with E-state index in [4.69, 9.17) is 23.7 Å². The Morgan fingerprint density at radius 1 is 1.20 bits per heavy atom. The van der Waals surface area contributed by atoms with Gasteiger partial charge < -0.3 is 33.9 Å². The van der Waals surface area contributed by atoms with Crippen molar-refractivity contribution in [2.75, 3.05) is 40.9 Å². The molecule has 1 aromatic heterocycles. The lowest BCUT2D eigenvalue weighted by Crippen LogP contribution is -2.77. The van der Waals surface area contributed by atoms with E-state index in [1.165, 1.54) is 20.0 Å². The zero-order valence-electron chi connectivity index (χ0n) is 20.8. The Morgan fingerprint density at radius 2 is 2.03 bits per heavy atom. The molecule has 35 heavy (non-hydrogen) atoms. The predicted octanol–water partition coefficient (Wildman–Crippen LogP) is 2.25. The van der Waals surface area contributed by atoms with Gasteiger partial charge in [-0.2, -0.15) is 0 Å². The highest BCUT2D eigenvalue weighted by molar-refractivity contribution is 5.93. The van der Waals surface area contributed by atoms with E-state index < -0.39 is 11.6 Å². The Bertz CT molecular complexity index is 917. The molecule has 4 rings (SSSR count). The molecule has 0 spiro atoms. The summed E-state index contributed by atoms with van der Waals surface area (Å²) in [4.78, 5) is 23.7. The molecule has 10 nitrogen and oxygen atoms in total. The van der Waals surface area contributed by atoms with Crippen LogP contribution in [0.1, 0.15) is 38.3 Å². The first-order valence-electron chi connectivity index (χ1n) is 12.2. The van der Waals surface area contributed by atoms with Gasteiger partial charge in [0.25, 0.3) is 5.91 Å². The van der Waals surface area contributed by atoms with Crippen LogP contribution in [-0.2, 0) is 30.2 Å². The summed E-state index contributed by atoms with van der Waals surface area (Å²) in [5.74, 6) is 1.87. The SMILES string of the molecule is COCO[C@@]1(Cc2cc(OC3CCC(C)CC3)ccn2)C(=O)N(COC)[C@H]1COC1=NC=CNC1. The van der Waals surface area contributed by atoms with E-state index in [0.717, 1.165) is 24.5 Å². The van der Waals surface area contributed by atoms with Crippen LogP contribution >= 0.6 is 0 Å². The smallest absolute Gasteiger partial charge is 0.259 e. The second-order valence-corrected chi connectivity index (χ2v) is 9.34. The summed E-state index contributed by atoms with van der Waals surface area (Å²) in [5.41, 5.74) is -0.489. The number of ether oxygens (including phenoxy) is 5. The Hall–Kier alpha value is -2.69. The van der Waals surface area contributed by atoms with E-state index in [9.17, 15) is 4.79 Å². The van der Waals surface area contributed by atoms with Gasteiger partial charge in [-0.05, 0) is 37.7 Å². The van der Waals surface area contributed by atoms with Crippen molar-refractivity contribution in [1.82, 2.24) is 15.2 Å². The predicted molar refractivity (Wildman–Crippen MR) is 129 cm³/mol. The van der Waals surface area contributed by atoms with Crippen LogP contribution in [0.3, 0.4) is 0 Å². The number of amides is 1. The monoisotopic (exact) mass is 488 g/mol. The zero-order chi connectivity index (χ0) is 24.7. The highest BCUT2D eigenvalue weighted by atomic mass is 16.7. The van der Waals surface area contributed by atoms with E-state index in [1.807, 2.05) is 12.1 Å². The lowest BCUT2D eigenvalue weighted by atomic mass is 9.78. The average Bonchev–Trinajstić information content (AvgIpc) is 2.88. The van der Waals surface area contributed by atoms with Crippen molar-refractivity contribution in [1.29, 1.82) is 0 Å². The number of likely N-dealkylation sites (tertiary alicyclic amines) is 1. The van der Waals surface area contributed by atoms with Crippen molar-refractivity contribution < 1.29 is 28.5 Å². The molecule has 2 atom stereocenters. The number of β-lactam (4-membered cyclic amide) rings is 1. The molecule has 3 heterocycles. The number of hydrogen-bond donors (Lipinski definition) is 1. The molecular formula is C25H36N4O6. The first-order valence-corrected chi connectivity index (χ1v) is 12.2. The Kier molecular flexibility index (Phi) is 8.59. The normalized spacial score (nSPS) is 28.2. The molecule has 0 radical (unpaired) electrons. The van der Waals surface area contributed by atoms with Gasteiger partial charge in [0.05, 0.1) is 12.6 Å². The maximum absolute atomic E-state index is 13.4. The number of nitrogens with zero attached hydrogens (tertiary/aromatic N) is 3. The molecule has 2 aliphatic heterocycles. The van der Waals surface area contributed by atoms with Gasteiger partial charge in [-0.3, -0.25) is 9.78 Å². The molecule has 1 saturated carbocycles. The highest BCUT2D eigenvalue weighted by Gasteiger charge is 2.62. The number of carbonyl (C=O) groups is 1. The van der Waals surface area contributed by atoms with Crippen molar-refractivity contribution in [3.63, 3.8) is 0 Å². The molecule has 0 bridgehead atoms. The number of aliphatic imine (C=N–C) groups is 1. The third kappa shape index (κ3) is 5.94. The molecule has 192 valence electrons. The van der Waals surface area contributed by atoms with Gasteiger partial charge in [0.2, 0.25) is 5.90 Å². The molecule has 2 fully saturated rings. The van der Waals surface area contributed by atoms with Crippen molar-refractivity contribution in [2.45, 2.75) is 56.8 Å². The van der Waals surface area contributed by atoms with Crippen LogP contribution in [0.2, 0.25) is 0 Å². The van der Waals surface area contributed by atoms with Gasteiger partial charge in [0.1, 0.15) is 31.9 Å². The van der Waals surface area contributed by atoms with Crippen LogP contribution in [0.5, 0.6) is 5.75 Å². The van der Waals surface area contributed by atoms with Crippen LogP contribution in [0.4, 0.5) is 0 Å². The number of aromatic nitrogens is 1. The van der Waals surface area contributed by atoms with Crippen molar-refractivity contribution in [2.24, 2.45) is 10.9 Å². The molecule has 3 aliphatic rings. The van der Waals surface area contributed by atoms with Crippen molar-refractivity contribution in [3.8, 4) is 5.75 Å². The summed E-state index contributed by atoms with van der Waals surface area (Å²) in [6.07, 6.45) is 10.0. The van der Waals surface area contributed by atoms with Crippen LogP contribution < -0.4 is 10.1 Å². The largest absolute Gasteiger partial charge is 0.490 e. The van der Waals surface area contributed by atoms with E-state index in [1.54, 1.807) is 30.6 Å². The van der Waals surface area contributed by atoms with Crippen LogP contribution in [-0.4, -0.2) is 80.3 Å². The second kappa shape index (κ2) is 11.8. The van der Waals surface area contributed by atoms with E-state index >= 15 is 0 Å². The minimum absolute atomic E-state index is 0.0370. The number of rotatable bonds is 11. The zero-order valence-corrected chi connectivity index (χ0v) is 20.8. The fourth-order valence-electron chi connectivity index (χ4n) is 4.85. The molecular weight excluding hydrogens is 452 g/mol. The number of carbonyl (C=O) groups excluding carboxylic acids is 1. The van der Waals surface area contributed by atoms with Crippen molar-refractivity contribution in [3.05, 3.63) is 36.4 Å². The number of methoxy groups -OCH3 is 2. The van der Waals surface area contributed by atoms with Crippen LogP contribution in [0.25, 0.3) is 0 Å². The first-order chi connectivity index (χ1) is 17.1. The molecule has 0 unspecified atom stereocenters. The summed E-state index contributed by atoms with van der Waals surface area (Å²) in [6, 6.07) is 3.36. The van der Waals surface area contributed by atoms with Gasteiger partial charge in [0.15, 0.2) is 5.60 Å². The standard InChI is InChI=1S/C25H36N4O6/c1-18-4-6-20(7-5-18)35-21-8-9-27-19(12-21)13-25(34-17-32-3)22(29(16-31-2)24(25)30)15-33-23-14-26-10-11-28-23/h8-12,18,20,22,26H,4-7,13-17H2,1-3H3/t18?,20?,22-,25+/m0/s1. The summed E-state index contributed by atoms with van der Waals surface area (Å²) in [5, 5.41) is 3.06. The quantitative estimate of drug-likeness (QED) is 0.374. The molecule has 10 heteroatoms. The summed E-state index contributed by atoms with van der Waals surface area (Å²) in [7, 11) is 3.08. The fourth-order valence-corrected chi connectivity index (χ4v) is 4.85. The Labute approximate surface area is 206 Å². The van der Waals surface area contributed by atoms with Gasteiger partial charge in [0, 0.05) is 51.0 Å². The summed E-state index contributed by atoms with van der Waals surface area (Å²) < 4.78 is 28.7. The second-order valence-electron chi connectivity index (χ2n) is 9.34. The first kappa shape index (κ1) is 25.4. The van der Waals surface area contributed by atoms with Gasteiger partial charge in [-0.1, -0.05) is 6.92 Å². The lowest BCUT2D eigenvalue weighted by molar-refractivity contribution is -0.237. The summed E-state index contributed by atoms with van der Waals surface area (Å²) >= 11 is 0. The van der Waals surface area contributed by atoms with E-state index in [-0.39, 0.29) is 38.6 Å². The van der Waals surface area contributed by atoms with Crippen LogP contribution in [0.15, 0.2) is 35.7 Å². The maximum Gasteiger partial charge on any atom is 0.259 e. The third-order valence-corrected chi connectivity index (χ3v) is 6.81. The van der Waals surface area contributed by atoms with Gasteiger partial charge in [-0.15, -0.1) is 0 Å². The number of pyridine rings is 1. The lowest BCUT2D eigenvalue weighted by Gasteiger charge is -2.54. The van der Waals surface area contributed by atoms with Gasteiger partial charge in [-0.25, -0.2) is 4.99 Å². The minimum atomic E-state index is -1.20. The average molecular weight is 489 g/mol. The molecule has 0 aromatic carbocycles.